The summed E-state index contributed by atoms with van der Waals surface area (Å²) in [4.78, 5) is 4.59. The molecule has 1 aliphatic rings. The zero-order valence-electron chi connectivity index (χ0n) is 11.1. The van der Waals surface area contributed by atoms with E-state index in [-0.39, 0.29) is 0 Å². The number of nitrogens with zero attached hydrogens (tertiary/aromatic N) is 2. The predicted molar refractivity (Wildman–Crippen MR) is 89.4 cm³/mol. The van der Waals surface area contributed by atoms with Crippen LogP contribution in [-0.2, 0) is 12.4 Å². The van der Waals surface area contributed by atoms with E-state index in [2.05, 4.69) is 15.8 Å². The quantitative estimate of drug-likeness (QED) is 0.691. The fourth-order valence-electron chi connectivity index (χ4n) is 2.73. The number of rotatable bonds is 4. The molecule has 1 heterocycles. The Morgan fingerprint density at radius 2 is 2.00 bits per heavy atom. The van der Waals surface area contributed by atoms with Gasteiger partial charge in [0, 0.05) is 11.3 Å². The van der Waals surface area contributed by atoms with Crippen LogP contribution >= 0.6 is 46.6 Å². The van der Waals surface area contributed by atoms with Gasteiger partial charge in [0.1, 0.15) is 5.82 Å². The first kappa shape index (κ1) is 14.8. The summed E-state index contributed by atoms with van der Waals surface area (Å²) in [6.45, 7) is 0.935. The summed E-state index contributed by atoms with van der Waals surface area (Å²) in [6.07, 6.45) is 5.98. The van der Waals surface area contributed by atoms with Gasteiger partial charge in [-0.1, -0.05) is 29.6 Å². The fourth-order valence-corrected chi connectivity index (χ4v) is 4.21. The summed E-state index contributed by atoms with van der Waals surface area (Å²) in [5.74, 6) is 1.29. The van der Waals surface area contributed by atoms with E-state index in [1.54, 1.807) is 0 Å². The second-order valence-corrected chi connectivity index (χ2v) is 7.60. The maximum Gasteiger partial charge on any atom is 0.124 e. The largest absolute Gasteiger partial charge is 0.326 e. The molecule has 1 saturated carbocycles. The van der Waals surface area contributed by atoms with Gasteiger partial charge in [-0.2, -0.15) is 11.8 Å². The van der Waals surface area contributed by atoms with Crippen LogP contribution in [0.5, 0.6) is 0 Å². The molecule has 1 aliphatic carbocycles. The molecule has 108 valence electrons. The molecule has 0 atom stereocenters. The molecule has 0 amide bonds. The van der Waals surface area contributed by atoms with E-state index >= 15 is 0 Å². The van der Waals surface area contributed by atoms with Gasteiger partial charge in [-0.15, -0.1) is 11.6 Å². The lowest BCUT2D eigenvalue weighted by molar-refractivity contribution is 0.322. The van der Waals surface area contributed by atoms with Gasteiger partial charge in [-0.3, -0.25) is 0 Å². The number of hydrogen-bond donors (Lipinski definition) is 0. The van der Waals surface area contributed by atoms with E-state index in [4.69, 9.17) is 34.8 Å². The lowest BCUT2D eigenvalue weighted by Gasteiger charge is -2.41. The van der Waals surface area contributed by atoms with Gasteiger partial charge in [0.15, 0.2) is 0 Å². The van der Waals surface area contributed by atoms with Crippen molar-refractivity contribution in [3.05, 3.63) is 28.0 Å². The van der Waals surface area contributed by atoms with E-state index in [0.29, 0.717) is 20.7 Å². The van der Waals surface area contributed by atoms with Crippen LogP contribution in [0.25, 0.3) is 11.0 Å². The maximum absolute atomic E-state index is 6.15. The van der Waals surface area contributed by atoms with Crippen LogP contribution in [0.15, 0.2) is 12.1 Å². The summed E-state index contributed by atoms with van der Waals surface area (Å²) in [5.41, 5.74) is 1.89. The lowest BCUT2D eigenvalue weighted by Crippen LogP contribution is -2.38. The first-order chi connectivity index (χ1) is 9.58. The van der Waals surface area contributed by atoms with Crippen molar-refractivity contribution in [2.24, 2.45) is 0 Å². The summed E-state index contributed by atoms with van der Waals surface area (Å²) >= 11 is 20.2. The van der Waals surface area contributed by atoms with E-state index in [9.17, 15) is 0 Å². The first-order valence-corrected chi connectivity index (χ1v) is 9.05. The van der Waals surface area contributed by atoms with E-state index in [1.165, 1.54) is 19.3 Å². The number of fused-ring (bicyclic) bond motifs is 1. The Morgan fingerprint density at radius 1 is 1.30 bits per heavy atom. The minimum Gasteiger partial charge on any atom is -0.326 e. The normalized spacial score (nSPS) is 17.4. The second kappa shape index (κ2) is 5.60. The average molecular weight is 350 g/mol. The van der Waals surface area contributed by atoms with E-state index in [1.807, 2.05) is 23.9 Å². The standard InChI is InChI=1S/C14H15Cl3N2S/c1-20-14(3-2-4-14)8-19-12-6-10(17)9(16)5-11(12)18-13(19)7-15/h5-6H,2-4,7-8H2,1H3. The van der Waals surface area contributed by atoms with Crippen molar-refractivity contribution in [1.29, 1.82) is 0 Å². The predicted octanol–water partition coefficient (Wildman–Crippen LogP) is 5.37. The molecule has 2 nitrogen and oxygen atoms in total. The van der Waals surface area contributed by atoms with Crippen LogP contribution < -0.4 is 0 Å². The molecule has 0 radical (unpaired) electrons. The number of alkyl halides is 1. The number of hydrogen-bond acceptors (Lipinski definition) is 2. The van der Waals surface area contributed by atoms with Crippen LogP contribution in [0.3, 0.4) is 0 Å². The Morgan fingerprint density at radius 3 is 2.55 bits per heavy atom. The highest BCUT2D eigenvalue weighted by atomic mass is 35.5. The highest BCUT2D eigenvalue weighted by Gasteiger charge is 2.37. The molecular formula is C14H15Cl3N2S. The third kappa shape index (κ3) is 2.43. The Labute approximate surface area is 137 Å². The number of aromatic nitrogens is 2. The molecule has 3 rings (SSSR count). The van der Waals surface area contributed by atoms with Gasteiger partial charge in [0.2, 0.25) is 0 Å². The molecule has 0 saturated heterocycles. The van der Waals surface area contributed by atoms with Crippen molar-refractivity contribution >= 4 is 57.6 Å². The van der Waals surface area contributed by atoms with Crippen LogP contribution in [0.2, 0.25) is 10.0 Å². The van der Waals surface area contributed by atoms with Crippen molar-refractivity contribution in [2.45, 2.75) is 36.4 Å². The van der Waals surface area contributed by atoms with Crippen molar-refractivity contribution in [3.63, 3.8) is 0 Å². The molecule has 6 heteroatoms. The van der Waals surface area contributed by atoms with Crippen molar-refractivity contribution < 1.29 is 0 Å². The van der Waals surface area contributed by atoms with Crippen molar-refractivity contribution in [3.8, 4) is 0 Å². The number of thioether (sulfide) groups is 1. The number of imidazole rings is 1. The number of halogens is 3. The fraction of sp³-hybridized carbons (Fsp3) is 0.500. The van der Waals surface area contributed by atoms with Gasteiger partial charge in [0.25, 0.3) is 0 Å². The summed E-state index contributed by atoms with van der Waals surface area (Å²) in [6, 6.07) is 3.72. The van der Waals surface area contributed by atoms with Crippen LogP contribution in [0.1, 0.15) is 25.1 Å². The zero-order valence-corrected chi connectivity index (χ0v) is 14.2. The molecule has 1 aromatic heterocycles. The second-order valence-electron chi connectivity index (χ2n) is 5.24. The SMILES string of the molecule is CSC1(Cn2c(CCl)nc3cc(Cl)c(Cl)cc32)CCC1. The molecule has 2 aromatic rings. The molecule has 0 N–H and O–H groups in total. The smallest absolute Gasteiger partial charge is 0.124 e. The monoisotopic (exact) mass is 348 g/mol. The Bertz CT molecular complexity index is 644. The molecular weight excluding hydrogens is 335 g/mol. The average Bonchev–Trinajstić information content (AvgIpc) is 2.72. The first-order valence-electron chi connectivity index (χ1n) is 6.54. The molecule has 20 heavy (non-hydrogen) atoms. The molecule has 0 spiro atoms. The van der Waals surface area contributed by atoms with E-state index in [0.717, 1.165) is 23.4 Å². The Hall–Kier alpha value is -0.0900. The highest BCUT2D eigenvalue weighted by Crippen LogP contribution is 2.45. The molecule has 0 aliphatic heterocycles. The Kier molecular flexibility index (Phi) is 4.15. The van der Waals surface area contributed by atoms with Gasteiger partial charge in [-0.25, -0.2) is 4.98 Å². The lowest BCUT2D eigenvalue weighted by atomic mass is 9.84. The zero-order chi connectivity index (χ0) is 14.3. The molecule has 1 aromatic carbocycles. The van der Waals surface area contributed by atoms with Crippen LogP contribution in [0, 0.1) is 0 Å². The van der Waals surface area contributed by atoms with Crippen molar-refractivity contribution in [1.82, 2.24) is 9.55 Å². The van der Waals surface area contributed by atoms with Gasteiger partial charge in [-0.05, 0) is 31.2 Å². The summed E-state index contributed by atoms with van der Waals surface area (Å²) < 4.78 is 2.53. The van der Waals surface area contributed by atoms with Crippen LogP contribution in [0.4, 0.5) is 0 Å². The molecule has 0 unspecified atom stereocenters. The minimum atomic E-state index is 0.320. The van der Waals surface area contributed by atoms with Crippen molar-refractivity contribution in [2.75, 3.05) is 6.26 Å². The summed E-state index contributed by atoms with van der Waals surface area (Å²) in [5, 5.41) is 1.10. The maximum atomic E-state index is 6.15. The van der Waals surface area contributed by atoms with Gasteiger partial charge >= 0.3 is 0 Å². The van der Waals surface area contributed by atoms with Gasteiger partial charge in [0.05, 0.1) is 27.0 Å². The van der Waals surface area contributed by atoms with Gasteiger partial charge < -0.3 is 4.57 Å². The highest BCUT2D eigenvalue weighted by molar-refractivity contribution is 8.00. The van der Waals surface area contributed by atoms with E-state index < -0.39 is 0 Å². The molecule has 1 fully saturated rings. The summed E-state index contributed by atoms with van der Waals surface area (Å²) in [7, 11) is 0. The number of benzene rings is 1. The third-order valence-corrected chi connectivity index (χ3v) is 6.50. The third-order valence-electron chi connectivity index (χ3n) is 4.13. The Balaban J connectivity index is 2.10. The molecule has 0 bridgehead atoms. The minimum absolute atomic E-state index is 0.320. The van der Waals surface area contributed by atoms with Crippen LogP contribution in [-0.4, -0.2) is 20.6 Å². The topological polar surface area (TPSA) is 17.8 Å².